The Balaban J connectivity index is 2.97. The van der Waals surface area contributed by atoms with Crippen molar-refractivity contribution in [3.05, 3.63) is 23.8 Å². The van der Waals surface area contributed by atoms with Crippen LogP contribution in [0.3, 0.4) is 0 Å². The van der Waals surface area contributed by atoms with Gasteiger partial charge in [0.1, 0.15) is 0 Å². The zero-order valence-electron chi connectivity index (χ0n) is 10.8. The number of hydrogen-bond donors (Lipinski definition) is 1. The van der Waals surface area contributed by atoms with Crippen LogP contribution in [0.25, 0.3) is 0 Å². The molecule has 1 unspecified atom stereocenters. The van der Waals surface area contributed by atoms with Crippen molar-refractivity contribution in [1.82, 2.24) is 0 Å². The summed E-state index contributed by atoms with van der Waals surface area (Å²) in [6, 6.07) is 10.0. The van der Waals surface area contributed by atoms with Gasteiger partial charge < -0.3 is 10.6 Å². The summed E-state index contributed by atoms with van der Waals surface area (Å²) in [5.41, 5.74) is 8.32. The lowest BCUT2D eigenvalue weighted by Crippen LogP contribution is -2.27. The molecule has 1 aromatic carbocycles. The molecule has 4 heteroatoms. The molecule has 0 aliphatic rings. The molecule has 2 N–H and O–H groups in total. The van der Waals surface area contributed by atoms with Crippen molar-refractivity contribution in [2.24, 2.45) is 5.92 Å². The standard InChI is InChI=1S/C14H18N4/c1-3-18(10-11(2)9-16)13-4-5-14(17)12(8-13)6-7-15/h4-5,8,11H,3,6,10,17H2,1-2H3. The summed E-state index contributed by atoms with van der Waals surface area (Å²) in [5.74, 6) is -0.0260. The van der Waals surface area contributed by atoms with Crippen molar-refractivity contribution in [2.45, 2.75) is 20.3 Å². The van der Waals surface area contributed by atoms with Gasteiger partial charge in [-0.25, -0.2) is 0 Å². The highest BCUT2D eigenvalue weighted by molar-refractivity contribution is 5.59. The second kappa shape index (κ2) is 6.51. The van der Waals surface area contributed by atoms with E-state index in [0.29, 0.717) is 18.7 Å². The van der Waals surface area contributed by atoms with Crippen LogP contribution in [0.1, 0.15) is 19.4 Å². The van der Waals surface area contributed by atoms with E-state index in [-0.39, 0.29) is 5.92 Å². The van der Waals surface area contributed by atoms with Gasteiger partial charge in [-0.05, 0) is 37.6 Å². The molecular formula is C14H18N4. The second-order valence-corrected chi connectivity index (χ2v) is 4.29. The average Bonchev–Trinajstić information content (AvgIpc) is 2.38. The Morgan fingerprint density at radius 2 is 2.11 bits per heavy atom. The Morgan fingerprint density at radius 1 is 1.39 bits per heavy atom. The first kappa shape index (κ1) is 13.9. The lowest BCUT2D eigenvalue weighted by atomic mass is 10.1. The molecule has 18 heavy (non-hydrogen) atoms. The number of benzene rings is 1. The van der Waals surface area contributed by atoms with Gasteiger partial charge in [-0.15, -0.1) is 0 Å². The topological polar surface area (TPSA) is 76.8 Å². The molecule has 1 atom stereocenters. The van der Waals surface area contributed by atoms with E-state index in [4.69, 9.17) is 16.3 Å². The third-order valence-corrected chi connectivity index (χ3v) is 2.86. The molecule has 0 aromatic heterocycles. The van der Waals surface area contributed by atoms with E-state index in [2.05, 4.69) is 17.0 Å². The monoisotopic (exact) mass is 242 g/mol. The highest BCUT2D eigenvalue weighted by Gasteiger charge is 2.10. The molecule has 0 spiro atoms. The van der Waals surface area contributed by atoms with Crippen LogP contribution in [0.5, 0.6) is 0 Å². The molecular weight excluding hydrogens is 224 g/mol. The van der Waals surface area contributed by atoms with Gasteiger partial charge in [0, 0.05) is 24.5 Å². The van der Waals surface area contributed by atoms with Gasteiger partial charge in [-0.2, -0.15) is 10.5 Å². The van der Waals surface area contributed by atoms with Crippen LogP contribution in [-0.2, 0) is 6.42 Å². The van der Waals surface area contributed by atoms with Gasteiger partial charge in [-0.1, -0.05) is 0 Å². The minimum atomic E-state index is -0.0260. The second-order valence-electron chi connectivity index (χ2n) is 4.29. The van der Waals surface area contributed by atoms with Gasteiger partial charge in [0.2, 0.25) is 0 Å². The van der Waals surface area contributed by atoms with Crippen LogP contribution in [0.15, 0.2) is 18.2 Å². The Morgan fingerprint density at radius 3 is 2.67 bits per heavy atom. The minimum Gasteiger partial charge on any atom is -0.398 e. The van der Waals surface area contributed by atoms with Crippen LogP contribution < -0.4 is 10.6 Å². The fraction of sp³-hybridized carbons (Fsp3) is 0.429. The first-order chi connectivity index (χ1) is 8.62. The van der Waals surface area contributed by atoms with Crippen molar-refractivity contribution in [2.75, 3.05) is 23.7 Å². The molecule has 0 bridgehead atoms. The molecule has 0 aliphatic carbocycles. The highest BCUT2D eigenvalue weighted by Crippen LogP contribution is 2.22. The molecule has 0 aliphatic heterocycles. The molecule has 1 rings (SSSR count). The molecule has 0 amide bonds. The summed E-state index contributed by atoms with van der Waals surface area (Å²) in [5, 5.41) is 17.6. The summed E-state index contributed by atoms with van der Waals surface area (Å²) in [6.07, 6.45) is 0.311. The maximum Gasteiger partial charge on any atom is 0.0671 e. The summed E-state index contributed by atoms with van der Waals surface area (Å²) in [7, 11) is 0. The molecule has 0 saturated heterocycles. The molecule has 0 heterocycles. The Bertz CT molecular complexity index is 482. The molecule has 0 fully saturated rings. The van der Waals surface area contributed by atoms with E-state index in [0.717, 1.165) is 17.8 Å². The third kappa shape index (κ3) is 3.40. The van der Waals surface area contributed by atoms with E-state index < -0.39 is 0 Å². The van der Waals surface area contributed by atoms with E-state index in [1.807, 2.05) is 32.0 Å². The summed E-state index contributed by atoms with van der Waals surface area (Å²) in [6.45, 7) is 5.45. The lowest BCUT2D eigenvalue weighted by molar-refractivity contribution is 0.686. The van der Waals surface area contributed by atoms with Gasteiger partial charge in [0.05, 0.1) is 24.5 Å². The van der Waals surface area contributed by atoms with Crippen molar-refractivity contribution in [1.29, 1.82) is 10.5 Å². The van der Waals surface area contributed by atoms with E-state index in [1.54, 1.807) is 0 Å². The largest absolute Gasteiger partial charge is 0.398 e. The number of nitrogens with two attached hydrogens (primary N) is 1. The van der Waals surface area contributed by atoms with Crippen LogP contribution in [0.4, 0.5) is 11.4 Å². The molecule has 4 nitrogen and oxygen atoms in total. The molecule has 1 aromatic rings. The Kier molecular flexibility index (Phi) is 5.02. The van der Waals surface area contributed by atoms with Crippen molar-refractivity contribution >= 4 is 11.4 Å². The number of nitrogens with zero attached hydrogens (tertiary/aromatic N) is 3. The van der Waals surface area contributed by atoms with Gasteiger partial charge in [0.15, 0.2) is 0 Å². The minimum absolute atomic E-state index is 0.0260. The average molecular weight is 242 g/mol. The number of rotatable bonds is 5. The predicted molar refractivity (Wildman–Crippen MR) is 72.8 cm³/mol. The number of anilines is 2. The van der Waals surface area contributed by atoms with Crippen molar-refractivity contribution in [3.63, 3.8) is 0 Å². The third-order valence-electron chi connectivity index (χ3n) is 2.86. The molecule has 0 saturated carbocycles. The summed E-state index contributed by atoms with van der Waals surface area (Å²) < 4.78 is 0. The zero-order chi connectivity index (χ0) is 13.5. The maximum atomic E-state index is 8.87. The SMILES string of the molecule is CCN(CC(C)C#N)c1ccc(N)c(CC#N)c1. The number of hydrogen-bond acceptors (Lipinski definition) is 4. The van der Waals surface area contributed by atoms with Crippen LogP contribution in [0, 0.1) is 28.6 Å². The van der Waals surface area contributed by atoms with Gasteiger partial charge >= 0.3 is 0 Å². The molecule has 0 radical (unpaired) electrons. The first-order valence-corrected chi connectivity index (χ1v) is 6.02. The van der Waals surface area contributed by atoms with E-state index in [1.165, 1.54) is 0 Å². The lowest BCUT2D eigenvalue weighted by Gasteiger charge is -2.25. The van der Waals surface area contributed by atoms with Crippen LogP contribution >= 0.6 is 0 Å². The number of nitrogen functional groups attached to an aromatic ring is 1. The highest BCUT2D eigenvalue weighted by atomic mass is 15.1. The number of nitriles is 2. The zero-order valence-corrected chi connectivity index (χ0v) is 10.8. The quantitative estimate of drug-likeness (QED) is 0.804. The van der Waals surface area contributed by atoms with Crippen LogP contribution in [-0.4, -0.2) is 13.1 Å². The Labute approximate surface area is 108 Å². The predicted octanol–water partition coefficient (Wildman–Crippen LogP) is 2.32. The van der Waals surface area contributed by atoms with Gasteiger partial charge in [0.25, 0.3) is 0 Å². The normalized spacial score (nSPS) is 11.3. The van der Waals surface area contributed by atoms with E-state index in [9.17, 15) is 0 Å². The summed E-state index contributed by atoms with van der Waals surface area (Å²) >= 11 is 0. The maximum absolute atomic E-state index is 8.87. The first-order valence-electron chi connectivity index (χ1n) is 6.02. The van der Waals surface area contributed by atoms with E-state index >= 15 is 0 Å². The fourth-order valence-corrected chi connectivity index (χ4v) is 1.82. The van der Waals surface area contributed by atoms with Crippen molar-refractivity contribution < 1.29 is 0 Å². The van der Waals surface area contributed by atoms with Crippen molar-refractivity contribution in [3.8, 4) is 12.1 Å². The fourth-order valence-electron chi connectivity index (χ4n) is 1.82. The summed E-state index contributed by atoms with van der Waals surface area (Å²) in [4.78, 5) is 2.12. The Hall–Kier alpha value is -2.20. The molecule has 94 valence electrons. The smallest absolute Gasteiger partial charge is 0.0671 e. The van der Waals surface area contributed by atoms with Gasteiger partial charge in [-0.3, -0.25) is 0 Å². The van der Waals surface area contributed by atoms with Crippen LogP contribution in [0.2, 0.25) is 0 Å².